The van der Waals surface area contributed by atoms with Gasteiger partial charge in [0.15, 0.2) is 17.3 Å². The molecule has 5 rings (SSSR count). The van der Waals surface area contributed by atoms with Crippen LogP contribution in [0.5, 0.6) is 5.75 Å². The summed E-state index contributed by atoms with van der Waals surface area (Å²) in [5.74, 6) is -6.29. The number of rotatable bonds is 5. The number of nitrogens with two attached hydrogens (primary N) is 1. The monoisotopic (exact) mass is 518 g/mol. The molecule has 2 saturated carbocycles. The zero-order valence-corrected chi connectivity index (χ0v) is 21.9. The molecule has 3 aliphatic carbocycles. The Labute approximate surface area is 221 Å². The zero-order valence-electron chi connectivity index (χ0n) is 21.9. The predicted molar refractivity (Wildman–Crippen MR) is 140 cm³/mol. The van der Waals surface area contributed by atoms with Crippen LogP contribution in [0.3, 0.4) is 0 Å². The number of Topliss-reactive ketones (excluding diaryl/α,β-unsaturated/α-hetero) is 3. The largest absolute Gasteiger partial charge is 0.507 e. The molecule has 4 N–H and O–H groups in total. The molecule has 0 spiro atoms. The van der Waals surface area contributed by atoms with Gasteiger partial charge in [-0.05, 0) is 75.4 Å². The average molecular weight is 519 g/mol. The first kappa shape index (κ1) is 26.3. The van der Waals surface area contributed by atoms with Gasteiger partial charge in [0.25, 0.3) is 0 Å². The molecule has 38 heavy (non-hydrogen) atoms. The molecule has 6 atom stereocenters. The van der Waals surface area contributed by atoms with Gasteiger partial charge in [0.05, 0.1) is 17.5 Å². The lowest BCUT2D eigenvalue weighted by atomic mass is 9.52. The van der Waals surface area contributed by atoms with Crippen LogP contribution < -0.4 is 5.73 Å². The summed E-state index contributed by atoms with van der Waals surface area (Å²) in [6.45, 7) is 2.03. The van der Waals surface area contributed by atoms with E-state index in [1.54, 1.807) is 19.0 Å². The number of amides is 1. The molecule has 0 saturated heterocycles. The molecular formula is C30H34N2O6. The number of nitrogens with zero attached hydrogens (tertiary/aromatic N) is 1. The SMILES string of the molecule is Cc1ccc(CCc2ccc(O)c3c2CC2CC4C(N(C)C)C(=O)C(C(N)=O)CC4(O)C(=O)C2C3=O)cc1. The number of aromatic hydroxyl groups is 1. The molecule has 1 amide bonds. The number of phenolic OH excluding ortho intramolecular Hbond substituents is 1. The zero-order chi connectivity index (χ0) is 27.5. The topological polar surface area (TPSA) is 138 Å². The van der Waals surface area contributed by atoms with Crippen LogP contribution in [0, 0.1) is 30.6 Å². The van der Waals surface area contributed by atoms with Crippen LogP contribution in [0.2, 0.25) is 0 Å². The highest BCUT2D eigenvalue weighted by molar-refractivity contribution is 6.17. The third kappa shape index (κ3) is 4.07. The Morgan fingerprint density at radius 1 is 1.08 bits per heavy atom. The Kier molecular flexibility index (Phi) is 6.52. The average Bonchev–Trinajstić information content (AvgIpc) is 2.85. The van der Waals surface area contributed by atoms with Crippen LogP contribution in [0.1, 0.15) is 45.5 Å². The van der Waals surface area contributed by atoms with Crippen molar-refractivity contribution in [2.45, 2.75) is 50.7 Å². The quantitative estimate of drug-likeness (QED) is 0.513. The first-order valence-corrected chi connectivity index (χ1v) is 13.1. The van der Waals surface area contributed by atoms with Gasteiger partial charge in [-0.3, -0.25) is 24.1 Å². The summed E-state index contributed by atoms with van der Waals surface area (Å²) >= 11 is 0. The van der Waals surface area contributed by atoms with Crippen LogP contribution in [0.15, 0.2) is 36.4 Å². The first-order valence-electron chi connectivity index (χ1n) is 13.1. The van der Waals surface area contributed by atoms with Gasteiger partial charge in [-0.2, -0.15) is 0 Å². The smallest absolute Gasteiger partial charge is 0.228 e. The van der Waals surface area contributed by atoms with E-state index in [1.807, 2.05) is 13.0 Å². The fourth-order valence-corrected chi connectivity index (χ4v) is 7.04. The van der Waals surface area contributed by atoms with Gasteiger partial charge in [0.2, 0.25) is 5.91 Å². The maximum Gasteiger partial charge on any atom is 0.228 e. The molecule has 6 unspecified atom stereocenters. The molecule has 0 radical (unpaired) electrons. The number of phenols is 1. The molecule has 0 aromatic heterocycles. The van der Waals surface area contributed by atoms with E-state index in [0.29, 0.717) is 12.8 Å². The number of aryl methyl sites for hydroxylation is 3. The van der Waals surface area contributed by atoms with Crippen molar-refractivity contribution in [3.63, 3.8) is 0 Å². The molecule has 8 heteroatoms. The number of benzene rings is 2. The van der Waals surface area contributed by atoms with Gasteiger partial charge < -0.3 is 15.9 Å². The van der Waals surface area contributed by atoms with Gasteiger partial charge >= 0.3 is 0 Å². The number of likely N-dealkylation sites (N-methyl/N-ethyl adjacent to an activating group) is 1. The summed E-state index contributed by atoms with van der Waals surface area (Å²) in [6.07, 6.45) is 1.66. The summed E-state index contributed by atoms with van der Waals surface area (Å²) < 4.78 is 0. The number of primary amides is 1. The normalized spacial score (nSPS) is 30.6. The maximum absolute atomic E-state index is 13.9. The summed E-state index contributed by atoms with van der Waals surface area (Å²) in [7, 11) is 3.34. The van der Waals surface area contributed by atoms with Crippen molar-refractivity contribution < 1.29 is 29.4 Å². The minimum atomic E-state index is -2.03. The second-order valence-corrected chi connectivity index (χ2v) is 11.5. The van der Waals surface area contributed by atoms with Crippen LogP contribution in [-0.2, 0) is 33.6 Å². The molecular weight excluding hydrogens is 484 g/mol. The van der Waals surface area contributed by atoms with Gasteiger partial charge in [-0.15, -0.1) is 0 Å². The van der Waals surface area contributed by atoms with E-state index in [0.717, 1.165) is 23.1 Å². The van der Waals surface area contributed by atoms with Crippen LogP contribution in [0.4, 0.5) is 0 Å². The number of hydrogen-bond donors (Lipinski definition) is 3. The Bertz CT molecular complexity index is 1330. The van der Waals surface area contributed by atoms with Crippen molar-refractivity contribution in [2.75, 3.05) is 14.1 Å². The molecule has 2 aromatic carbocycles. The van der Waals surface area contributed by atoms with Crippen molar-refractivity contribution in [1.82, 2.24) is 4.90 Å². The van der Waals surface area contributed by atoms with Gasteiger partial charge in [0.1, 0.15) is 17.3 Å². The number of aliphatic hydroxyl groups is 1. The van der Waals surface area contributed by atoms with Crippen LogP contribution in [-0.4, -0.2) is 64.1 Å². The van der Waals surface area contributed by atoms with Crippen molar-refractivity contribution in [1.29, 1.82) is 0 Å². The van der Waals surface area contributed by atoms with Crippen molar-refractivity contribution in [3.05, 3.63) is 64.2 Å². The highest BCUT2D eigenvalue weighted by Gasteiger charge is 2.64. The summed E-state index contributed by atoms with van der Waals surface area (Å²) in [4.78, 5) is 54.6. The number of ketones is 3. The lowest BCUT2D eigenvalue weighted by molar-refractivity contribution is -0.176. The molecule has 0 aliphatic heterocycles. The fraction of sp³-hybridized carbons (Fsp3) is 0.467. The minimum absolute atomic E-state index is 0.144. The highest BCUT2D eigenvalue weighted by atomic mass is 16.3. The maximum atomic E-state index is 13.9. The highest BCUT2D eigenvalue weighted by Crippen LogP contribution is 2.52. The number of fused-ring (bicyclic) bond motifs is 3. The molecule has 2 fully saturated rings. The third-order valence-electron chi connectivity index (χ3n) is 8.97. The molecule has 2 aromatic rings. The van der Waals surface area contributed by atoms with E-state index in [9.17, 15) is 29.4 Å². The van der Waals surface area contributed by atoms with E-state index < -0.39 is 65.0 Å². The van der Waals surface area contributed by atoms with Gasteiger partial charge in [-0.25, -0.2) is 0 Å². The predicted octanol–water partition coefficient (Wildman–Crippen LogP) is 1.78. The van der Waals surface area contributed by atoms with Crippen molar-refractivity contribution in [3.8, 4) is 5.75 Å². The van der Waals surface area contributed by atoms with E-state index in [2.05, 4.69) is 24.3 Å². The Morgan fingerprint density at radius 3 is 2.39 bits per heavy atom. The Balaban J connectivity index is 1.52. The molecule has 200 valence electrons. The number of carbonyl (C=O) groups excluding carboxylic acids is 4. The van der Waals surface area contributed by atoms with E-state index >= 15 is 0 Å². The third-order valence-corrected chi connectivity index (χ3v) is 8.97. The number of carbonyl (C=O) groups is 4. The second kappa shape index (κ2) is 9.43. The van der Waals surface area contributed by atoms with Crippen molar-refractivity contribution >= 4 is 23.3 Å². The standard InChI is InChI=1S/C30H34N2O6/c1-15-4-6-16(7-5-15)8-9-17-10-11-22(33)24-19(17)12-18-13-21-25(32(2)3)26(34)20(29(31)37)14-30(21,38)28(36)23(18)27(24)35/h4-7,10-11,18,20-21,23,25,33,38H,8-9,12-14H2,1-3H3,(H2,31,37). The molecule has 0 heterocycles. The van der Waals surface area contributed by atoms with Crippen LogP contribution in [0.25, 0.3) is 0 Å². The van der Waals surface area contributed by atoms with E-state index in [4.69, 9.17) is 5.73 Å². The van der Waals surface area contributed by atoms with Gasteiger partial charge in [0, 0.05) is 12.3 Å². The van der Waals surface area contributed by atoms with Gasteiger partial charge in [-0.1, -0.05) is 35.9 Å². The summed E-state index contributed by atoms with van der Waals surface area (Å²) in [5.41, 5.74) is 7.61. The second-order valence-electron chi connectivity index (χ2n) is 11.5. The Hall–Kier alpha value is -3.36. The number of hydrogen-bond acceptors (Lipinski definition) is 7. The fourth-order valence-electron chi connectivity index (χ4n) is 7.04. The van der Waals surface area contributed by atoms with E-state index in [1.165, 1.54) is 11.6 Å². The van der Waals surface area contributed by atoms with Crippen molar-refractivity contribution in [2.24, 2.45) is 29.4 Å². The molecule has 8 nitrogen and oxygen atoms in total. The molecule has 0 bridgehead atoms. The molecule has 3 aliphatic rings. The summed E-state index contributed by atoms with van der Waals surface area (Å²) in [6, 6.07) is 10.7. The minimum Gasteiger partial charge on any atom is -0.507 e. The Morgan fingerprint density at radius 2 is 1.76 bits per heavy atom. The lowest BCUT2D eigenvalue weighted by Crippen LogP contribution is -2.69. The summed E-state index contributed by atoms with van der Waals surface area (Å²) in [5, 5.41) is 22.4. The first-order chi connectivity index (χ1) is 17.9. The lowest BCUT2D eigenvalue weighted by Gasteiger charge is -2.53. The van der Waals surface area contributed by atoms with Crippen LogP contribution >= 0.6 is 0 Å². The van der Waals surface area contributed by atoms with E-state index in [-0.39, 0.29) is 17.7 Å².